The monoisotopic (exact) mass is 306 g/mol. The van der Waals surface area contributed by atoms with E-state index < -0.39 is 5.60 Å². The molecule has 2 rings (SSSR count). The van der Waals surface area contributed by atoms with Crippen molar-refractivity contribution in [2.45, 2.75) is 45.3 Å². The first kappa shape index (κ1) is 16.6. The van der Waals surface area contributed by atoms with E-state index in [9.17, 15) is 4.79 Å². The summed E-state index contributed by atoms with van der Waals surface area (Å²) >= 11 is 0. The number of hydrogen-bond acceptors (Lipinski definition) is 4. The van der Waals surface area contributed by atoms with Crippen molar-refractivity contribution in [1.29, 1.82) is 0 Å². The third kappa shape index (κ3) is 4.63. The fourth-order valence-electron chi connectivity index (χ4n) is 2.64. The van der Waals surface area contributed by atoms with Gasteiger partial charge in [0.1, 0.15) is 11.4 Å². The molecule has 0 radical (unpaired) electrons. The summed E-state index contributed by atoms with van der Waals surface area (Å²) in [5.74, 6) is 1.08. The Morgan fingerprint density at radius 3 is 2.82 bits per heavy atom. The lowest BCUT2D eigenvalue weighted by atomic mass is 9.94. The highest BCUT2D eigenvalue weighted by Crippen LogP contribution is 2.26. The second kappa shape index (κ2) is 7.01. The molecule has 2 N–H and O–H groups in total. The van der Waals surface area contributed by atoms with E-state index >= 15 is 0 Å². The normalized spacial score (nSPS) is 21.5. The van der Waals surface area contributed by atoms with Crippen LogP contribution in [0.1, 0.15) is 39.2 Å². The first-order chi connectivity index (χ1) is 10.4. The molecule has 5 heteroatoms. The van der Waals surface area contributed by atoms with Crippen molar-refractivity contribution in [3.05, 3.63) is 29.8 Å². The van der Waals surface area contributed by atoms with Gasteiger partial charge in [0.15, 0.2) is 0 Å². The highest BCUT2D eigenvalue weighted by Gasteiger charge is 2.31. The minimum atomic E-state index is -0.486. The lowest BCUT2D eigenvalue weighted by Crippen LogP contribution is -2.42. The molecule has 0 aliphatic carbocycles. The van der Waals surface area contributed by atoms with Gasteiger partial charge >= 0.3 is 6.09 Å². The first-order valence-corrected chi connectivity index (χ1v) is 7.82. The topological polar surface area (TPSA) is 59.6 Å². The van der Waals surface area contributed by atoms with E-state index in [2.05, 4.69) is 16.7 Å². The van der Waals surface area contributed by atoms with E-state index in [1.165, 1.54) is 0 Å². The molecule has 1 aliphatic rings. The molecule has 22 heavy (non-hydrogen) atoms. The quantitative estimate of drug-likeness (QED) is 0.898. The number of rotatable bonds is 4. The molecule has 0 unspecified atom stereocenters. The lowest BCUT2D eigenvalue weighted by Gasteiger charge is -2.24. The summed E-state index contributed by atoms with van der Waals surface area (Å²) in [5, 5.41) is 6.30. The fourth-order valence-corrected chi connectivity index (χ4v) is 2.64. The van der Waals surface area contributed by atoms with Crippen LogP contribution in [0.4, 0.5) is 4.79 Å². The maximum absolute atomic E-state index is 12.0. The molecule has 1 aromatic rings. The minimum Gasteiger partial charge on any atom is -0.494 e. The Morgan fingerprint density at radius 2 is 2.14 bits per heavy atom. The van der Waals surface area contributed by atoms with Gasteiger partial charge < -0.3 is 20.1 Å². The van der Waals surface area contributed by atoms with Gasteiger partial charge in [-0.15, -0.1) is 0 Å². The summed E-state index contributed by atoms with van der Waals surface area (Å²) < 4.78 is 10.9. The average molecular weight is 306 g/mol. The number of nitrogens with one attached hydrogen (secondary N) is 2. The van der Waals surface area contributed by atoms with Crippen molar-refractivity contribution in [3.8, 4) is 5.75 Å². The van der Waals surface area contributed by atoms with Gasteiger partial charge in [0.05, 0.1) is 12.6 Å². The van der Waals surface area contributed by atoms with Gasteiger partial charge in [0.25, 0.3) is 0 Å². The Labute approximate surface area is 132 Å². The molecular formula is C17H26N2O3. The van der Waals surface area contributed by atoms with E-state index in [1.807, 2.05) is 45.9 Å². The molecule has 0 spiro atoms. The van der Waals surface area contributed by atoms with E-state index in [4.69, 9.17) is 9.47 Å². The van der Waals surface area contributed by atoms with Crippen LogP contribution < -0.4 is 15.4 Å². The van der Waals surface area contributed by atoms with Crippen molar-refractivity contribution < 1.29 is 14.3 Å². The molecule has 2 atom stereocenters. The largest absolute Gasteiger partial charge is 0.494 e. The zero-order chi connectivity index (χ0) is 16.2. The van der Waals surface area contributed by atoms with Crippen molar-refractivity contribution >= 4 is 6.09 Å². The molecule has 1 amide bonds. The first-order valence-electron chi connectivity index (χ1n) is 7.82. The number of hydrogen-bond donors (Lipinski definition) is 2. The van der Waals surface area contributed by atoms with E-state index in [0.717, 1.165) is 24.4 Å². The van der Waals surface area contributed by atoms with Crippen LogP contribution in [0.3, 0.4) is 0 Å². The predicted octanol–water partition coefficient (Wildman–Crippen LogP) is 2.67. The minimum absolute atomic E-state index is 0.0201. The third-order valence-corrected chi connectivity index (χ3v) is 3.51. The Hall–Kier alpha value is -1.75. The summed E-state index contributed by atoms with van der Waals surface area (Å²) in [6.45, 7) is 9.77. The number of benzene rings is 1. The molecule has 0 saturated carbocycles. The summed E-state index contributed by atoms with van der Waals surface area (Å²) in [6.07, 6.45) is -0.368. The second-order valence-corrected chi connectivity index (χ2v) is 6.52. The van der Waals surface area contributed by atoms with E-state index in [0.29, 0.717) is 6.61 Å². The summed E-state index contributed by atoms with van der Waals surface area (Å²) in [7, 11) is 0. The van der Waals surface area contributed by atoms with Gasteiger partial charge in [-0.2, -0.15) is 0 Å². The Bertz CT molecular complexity index is 511. The summed E-state index contributed by atoms with van der Waals surface area (Å²) in [4.78, 5) is 12.0. The zero-order valence-electron chi connectivity index (χ0n) is 13.8. The smallest absolute Gasteiger partial charge is 0.407 e. The van der Waals surface area contributed by atoms with Crippen molar-refractivity contribution in [1.82, 2.24) is 10.6 Å². The molecule has 5 nitrogen and oxygen atoms in total. The van der Waals surface area contributed by atoms with Crippen LogP contribution in [0, 0.1) is 0 Å². The van der Waals surface area contributed by atoms with Crippen LogP contribution in [0.5, 0.6) is 5.75 Å². The number of alkyl carbamates (subject to hydrolysis) is 1. The number of carbonyl (C=O) groups excluding carboxylic acids is 1. The molecule has 122 valence electrons. The van der Waals surface area contributed by atoms with Crippen molar-refractivity contribution in [3.63, 3.8) is 0 Å². The third-order valence-electron chi connectivity index (χ3n) is 3.51. The van der Waals surface area contributed by atoms with Crippen molar-refractivity contribution in [2.24, 2.45) is 0 Å². The second-order valence-electron chi connectivity index (χ2n) is 6.52. The summed E-state index contributed by atoms with van der Waals surface area (Å²) in [5.41, 5.74) is 0.678. The van der Waals surface area contributed by atoms with Crippen LogP contribution in [-0.2, 0) is 4.74 Å². The number of amides is 1. The van der Waals surface area contributed by atoms with Gasteiger partial charge in [0.2, 0.25) is 0 Å². The van der Waals surface area contributed by atoms with Gasteiger partial charge in [-0.1, -0.05) is 12.1 Å². The van der Waals surface area contributed by atoms with Crippen LogP contribution in [0.2, 0.25) is 0 Å². The maximum atomic E-state index is 12.0. The Kier molecular flexibility index (Phi) is 5.29. The van der Waals surface area contributed by atoms with Crippen molar-refractivity contribution in [2.75, 3.05) is 19.7 Å². The van der Waals surface area contributed by atoms with E-state index in [1.54, 1.807) is 0 Å². The van der Waals surface area contributed by atoms with Crippen LogP contribution in [0.15, 0.2) is 24.3 Å². The molecule has 1 fully saturated rings. The van der Waals surface area contributed by atoms with Gasteiger partial charge in [-0.05, 0) is 45.4 Å². The van der Waals surface area contributed by atoms with E-state index in [-0.39, 0.29) is 18.1 Å². The molecule has 1 heterocycles. The van der Waals surface area contributed by atoms with Crippen LogP contribution in [0.25, 0.3) is 0 Å². The molecule has 1 saturated heterocycles. The van der Waals surface area contributed by atoms with Gasteiger partial charge in [-0.3, -0.25) is 0 Å². The molecule has 0 bridgehead atoms. The maximum Gasteiger partial charge on any atom is 0.407 e. The fraction of sp³-hybridized carbons (Fsp3) is 0.588. The molecule has 1 aliphatic heterocycles. The van der Waals surface area contributed by atoms with Gasteiger partial charge in [0, 0.05) is 19.0 Å². The summed E-state index contributed by atoms with van der Waals surface area (Å²) in [6, 6.07) is 8.08. The lowest BCUT2D eigenvalue weighted by molar-refractivity contribution is 0.0504. The van der Waals surface area contributed by atoms with Crippen LogP contribution >= 0.6 is 0 Å². The number of ether oxygens (including phenoxy) is 2. The molecular weight excluding hydrogens is 280 g/mol. The zero-order valence-corrected chi connectivity index (χ0v) is 13.8. The highest BCUT2D eigenvalue weighted by molar-refractivity contribution is 5.68. The predicted molar refractivity (Wildman–Crippen MR) is 86.4 cm³/mol. The standard InChI is InChI=1S/C17H26N2O3/c1-5-21-13-8-6-7-12(9-13)14-10-18-11-15(14)19-16(20)22-17(2,3)4/h6-9,14-15,18H,5,10-11H2,1-4H3,(H,19,20)/t14-,15-/m1/s1. The highest BCUT2D eigenvalue weighted by atomic mass is 16.6. The van der Waals surface area contributed by atoms with Crippen LogP contribution in [-0.4, -0.2) is 37.4 Å². The SMILES string of the molecule is CCOc1cccc([C@H]2CNC[C@H]2NC(=O)OC(C)(C)C)c1. The van der Waals surface area contributed by atoms with Gasteiger partial charge in [-0.25, -0.2) is 4.79 Å². The Morgan fingerprint density at radius 1 is 1.36 bits per heavy atom. The number of carbonyl (C=O) groups is 1. The molecule has 0 aromatic heterocycles. The average Bonchev–Trinajstić information content (AvgIpc) is 2.85. The molecule has 1 aromatic carbocycles. The Balaban J connectivity index is 2.04.